The minimum absolute atomic E-state index is 0.143. The zero-order valence-corrected chi connectivity index (χ0v) is 32.5. The van der Waals surface area contributed by atoms with Crippen molar-refractivity contribution in [3.8, 4) is 11.5 Å². The first-order chi connectivity index (χ1) is 27.2. The summed E-state index contributed by atoms with van der Waals surface area (Å²) in [5, 5.41) is 13.2. The largest absolute Gasteiger partial charge is 0.483 e. The third kappa shape index (κ3) is 6.64. The van der Waals surface area contributed by atoms with Crippen molar-refractivity contribution >= 4 is 35.9 Å². The van der Waals surface area contributed by atoms with Crippen molar-refractivity contribution in [3.63, 3.8) is 0 Å². The summed E-state index contributed by atoms with van der Waals surface area (Å²) in [6.45, 7) is 4.98. The van der Waals surface area contributed by atoms with Crippen LogP contribution in [0.4, 0.5) is 0 Å². The molecule has 1 spiro atoms. The number of rotatable bonds is 11. The van der Waals surface area contributed by atoms with Crippen molar-refractivity contribution in [2.45, 2.75) is 119 Å². The highest BCUT2D eigenvalue weighted by atomic mass is 16.7. The van der Waals surface area contributed by atoms with Crippen molar-refractivity contribution in [1.82, 2.24) is 9.80 Å². The molecule has 3 aliphatic carbocycles. The number of piperidine rings is 1. The fraction of sp³-hybridized carbons (Fsp3) is 0.585. The van der Waals surface area contributed by atoms with Crippen molar-refractivity contribution in [2.24, 2.45) is 5.92 Å². The number of likely N-dealkylation sites (tertiary alicyclic amines) is 1. The predicted octanol–water partition coefficient (Wildman–Crippen LogP) is 2.46. The Morgan fingerprint density at radius 1 is 0.965 bits per heavy atom. The van der Waals surface area contributed by atoms with Gasteiger partial charge in [-0.05, 0) is 74.8 Å². The normalized spacial score (nSPS) is 33.7. The number of carbonyl (C=O) groups is 5. The third-order valence-corrected chi connectivity index (χ3v) is 12.6. The van der Waals surface area contributed by atoms with Crippen LogP contribution < -0.4 is 9.47 Å². The van der Waals surface area contributed by atoms with E-state index >= 15 is 0 Å². The van der Waals surface area contributed by atoms with Crippen LogP contribution in [0.15, 0.2) is 41.2 Å². The standard InChI is InChI=1S/C41H48N2O14/c1-21(44)52-33-34(53-22(2)45)36(54-23(3)46)39(57-35(33)38(48)50-5)55-28-10-9-26-18-29-41(49)14-12-27(42(4)30(47)11-8-25-13-17-51-20-25)37-40(41,31(26)32(28)56-37)15-16-43(29)19-24-6-7-24/h8-11,13,17,20,24,27,29,33-37,39,49H,6-7,12,14-16,18-19H2,1-5H3/b11-8+/t27-,29-,33+,34+,35+,36-,37+,39-,40+,41-/m1/s1. The summed E-state index contributed by atoms with van der Waals surface area (Å²) in [7, 11) is 2.85. The van der Waals surface area contributed by atoms with Gasteiger partial charge in [-0.1, -0.05) is 6.07 Å². The lowest BCUT2D eigenvalue weighted by molar-refractivity contribution is -0.282. The molecule has 8 rings (SSSR count). The predicted molar refractivity (Wildman–Crippen MR) is 195 cm³/mol. The van der Waals surface area contributed by atoms with Crippen LogP contribution >= 0.6 is 0 Å². The average molecular weight is 793 g/mol. The maximum Gasteiger partial charge on any atom is 0.339 e. The fourth-order valence-electron chi connectivity index (χ4n) is 10.1. The van der Waals surface area contributed by atoms with Gasteiger partial charge in [-0.25, -0.2) is 4.79 Å². The van der Waals surface area contributed by atoms with Crippen LogP contribution in [0.25, 0.3) is 6.08 Å². The Morgan fingerprint density at radius 3 is 2.35 bits per heavy atom. The molecule has 16 nitrogen and oxygen atoms in total. The molecule has 3 aliphatic heterocycles. The Bertz CT molecular complexity index is 1960. The molecular formula is C41H48N2O14. The van der Waals surface area contributed by atoms with Gasteiger partial charge in [0.1, 0.15) is 6.10 Å². The van der Waals surface area contributed by atoms with Crippen molar-refractivity contribution in [3.05, 3.63) is 53.5 Å². The lowest BCUT2D eigenvalue weighted by Crippen LogP contribution is -2.78. The lowest BCUT2D eigenvalue weighted by Gasteiger charge is -2.64. The zero-order valence-electron chi connectivity index (χ0n) is 32.5. The molecule has 4 heterocycles. The number of esters is 4. The summed E-state index contributed by atoms with van der Waals surface area (Å²) in [6, 6.07) is 4.75. The molecule has 1 aromatic carbocycles. The Kier molecular flexibility index (Phi) is 10.1. The van der Waals surface area contributed by atoms with E-state index in [0.29, 0.717) is 37.4 Å². The van der Waals surface area contributed by atoms with Gasteiger partial charge >= 0.3 is 23.9 Å². The zero-order chi connectivity index (χ0) is 40.4. The van der Waals surface area contributed by atoms with Crippen LogP contribution in [0.1, 0.15) is 69.6 Å². The van der Waals surface area contributed by atoms with E-state index in [9.17, 15) is 29.1 Å². The number of likely N-dealkylation sites (N-methyl/N-ethyl adjacent to an activating group) is 1. The molecule has 0 unspecified atom stereocenters. The molecule has 306 valence electrons. The first kappa shape index (κ1) is 38.9. The van der Waals surface area contributed by atoms with Gasteiger partial charge in [-0.2, -0.15) is 0 Å². The number of aliphatic hydroxyl groups is 1. The maximum absolute atomic E-state index is 13.8. The number of carbonyl (C=O) groups excluding carboxylic acids is 5. The van der Waals surface area contributed by atoms with Crippen LogP contribution in [0.2, 0.25) is 0 Å². The van der Waals surface area contributed by atoms with Crippen LogP contribution in [-0.2, 0) is 59.5 Å². The SMILES string of the molecule is COC(=O)[C@H]1O[C@@H](Oc2ccc3c4c2O[C@H]2[C@H](N(C)C(=O)/C=C/c5ccoc5)CC[C@@]5(O)[C@@H](C3)N(CC3CC3)CC[C@]425)[C@H](OC(C)=O)[C@@H](OC(C)=O)[C@@H]1OC(C)=O. The van der Waals surface area contributed by atoms with Gasteiger partial charge in [-0.15, -0.1) is 0 Å². The number of amides is 1. The molecule has 1 amide bonds. The first-order valence-electron chi connectivity index (χ1n) is 19.4. The van der Waals surface area contributed by atoms with Gasteiger partial charge in [0.25, 0.3) is 0 Å². The van der Waals surface area contributed by atoms with Crippen LogP contribution in [-0.4, -0.2) is 126 Å². The minimum Gasteiger partial charge on any atom is -0.483 e. The molecular weight excluding hydrogens is 744 g/mol. The second kappa shape index (κ2) is 14.8. The third-order valence-electron chi connectivity index (χ3n) is 12.6. The van der Waals surface area contributed by atoms with Crippen molar-refractivity contribution in [1.29, 1.82) is 0 Å². The van der Waals surface area contributed by atoms with Crippen molar-refractivity contribution < 1.29 is 66.7 Å². The van der Waals surface area contributed by atoms with E-state index in [1.165, 1.54) is 25.2 Å². The van der Waals surface area contributed by atoms with E-state index in [0.717, 1.165) is 57.7 Å². The van der Waals surface area contributed by atoms with Crippen LogP contribution in [0, 0.1) is 5.92 Å². The molecule has 10 atom stereocenters. The Morgan fingerprint density at radius 2 is 1.68 bits per heavy atom. The fourth-order valence-corrected chi connectivity index (χ4v) is 10.1. The second-order valence-corrected chi connectivity index (χ2v) is 16.0. The Hall–Kier alpha value is -4.93. The van der Waals surface area contributed by atoms with Crippen molar-refractivity contribution in [2.75, 3.05) is 27.2 Å². The van der Waals surface area contributed by atoms with Crippen LogP contribution in [0.5, 0.6) is 11.5 Å². The molecule has 1 aromatic heterocycles. The minimum atomic E-state index is -1.66. The lowest BCUT2D eigenvalue weighted by atomic mass is 9.48. The summed E-state index contributed by atoms with van der Waals surface area (Å²) < 4.78 is 46.4. The quantitative estimate of drug-likeness (QED) is 0.198. The van der Waals surface area contributed by atoms with Gasteiger partial charge in [-0.3, -0.25) is 24.1 Å². The Labute approximate surface area is 329 Å². The number of benzene rings is 1. The summed E-state index contributed by atoms with van der Waals surface area (Å²) >= 11 is 0. The van der Waals surface area contributed by atoms with Gasteiger partial charge in [0.2, 0.25) is 18.3 Å². The van der Waals surface area contributed by atoms with Gasteiger partial charge in [0.05, 0.1) is 36.7 Å². The molecule has 2 saturated heterocycles. The van der Waals surface area contributed by atoms with Gasteiger partial charge in [0, 0.05) is 57.6 Å². The summed E-state index contributed by atoms with van der Waals surface area (Å²) in [5.74, 6) is -2.56. The van der Waals surface area contributed by atoms with E-state index in [1.807, 2.05) is 6.07 Å². The highest BCUT2D eigenvalue weighted by Crippen LogP contribution is 2.66. The smallest absolute Gasteiger partial charge is 0.339 e. The molecule has 16 heteroatoms. The number of nitrogens with zero attached hydrogens (tertiary/aromatic N) is 2. The molecule has 0 radical (unpaired) electrons. The molecule has 4 fully saturated rings. The molecule has 6 aliphatic rings. The van der Waals surface area contributed by atoms with Gasteiger partial charge in [0.15, 0.2) is 29.8 Å². The topological polar surface area (TPSA) is 190 Å². The number of hydrogen-bond donors (Lipinski definition) is 1. The number of ether oxygens (including phenoxy) is 7. The summed E-state index contributed by atoms with van der Waals surface area (Å²) in [5.41, 5.74) is 0.371. The maximum atomic E-state index is 13.8. The van der Waals surface area contributed by atoms with E-state index in [4.69, 9.17) is 37.6 Å². The molecule has 1 N–H and O–H groups in total. The monoisotopic (exact) mass is 792 g/mol. The molecule has 57 heavy (non-hydrogen) atoms. The highest BCUT2D eigenvalue weighted by molar-refractivity contribution is 5.92. The number of furan rings is 1. The summed E-state index contributed by atoms with van der Waals surface area (Å²) in [4.78, 5) is 68.2. The summed E-state index contributed by atoms with van der Waals surface area (Å²) in [6.07, 6.45) is 2.02. The highest BCUT2D eigenvalue weighted by Gasteiger charge is 2.73. The Balaban J connectivity index is 1.20. The van der Waals surface area contributed by atoms with E-state index in [2.05, 4.69) is 4.90 Å². The molecule has 2 bridgehead atoms. The molecule has 2 aromatic rings. The number of methoxy groups -OCH3 is 1. The van der Waals surface area contributed by atoms with E-state index in [-0.39, 0.29) is 17.7 Å². The first-order valence-corrected chi connectivity index (χ1v) is 19.4. The molecule has 2 saturated carbocycles. The van der Waals surface area contributed by atoms with E-state index < -0.39 is 77.7 Å². The van der Waals surface area contributed by atoms with Gasteiger partial charge < -0.3 is 47.6 Å². The average Bonchev–Trinajstić information content (AvgIpc) is 3.68. The number of hydrogen-bond acceptors (Lipinski definition) is 15. The van der Waals surface area contributed by atoms with Crippen LogP contribution in [0.3, 0.4) is 0 Å². The second-order valence-electron chi connectivity index (χ2n) is 16.0. The van der Waals surface area contributed by atoms with E-state index in [1.54, 1.807) is 36.4 Å².